The van der Waals surface area contributed by atoms with Gasteiger partial charge in [0.05, 0.1) is 23.6 Å². The smallest absolute Gasteiger partial charge is 0.0568 e. The maximum Gasteiger partial charge on any atom is 0.0568 e. The fourth-order valence-electron chi connectivity index (χ4n) is 1.27. The van der Waals surface area contributed by atoms with E-state index in [4.69, 9.17) is 11.5 Å². The van der Waals surface area contributed by atoms with Crippen LogP contribution in [0, 0.1) is 0 Å². The second kappa shape index (κ2) is 3.91. The first-order valence-corrected chi connectivity index (χ1v) is 4.63. The summed E-state index contributed by atoms with van der Waals surface area (Å²) in [5, 5.41) is 9.93. The van der Waals surface area contributed by atoms with E-state index in [1.54, 1.807) is 12.3 Å². The van der Waals surface area contributed by atoms with Crippen molar-refractivity contribution in [1.29, 1.82) is 0 Å². The molecule has 0 fully saturated rings. The minimum Gasteiger partial charge on any atom is -0.397 e. The number of hydrogen-bond donors (Lipinski definition) is 4. The number of nitrogens with two attached hydrogens (primary N) is 2. The van der Waals surface area contributed by atoms with Crippen molar-refractivity contribution in [2.24, 2.45) is 0 Å². The van der Waals surface area contributed by atoms with Crippen molar-refractivity contribution in [3.63, 3.8) is 0 Å². The van der Waals surface area contributed by atoms with E-state index in [9.17, 15) is 0 Å². The van der Waals surface area contributed by atoms with Crippen LogP contribution in [0.3, 0.4) is 0 Å². The number of benzene rings is 1. The minimum absolute atomic E-state index is 0.588. The summed E-state index contributed by atoms with van der Waals surface area (Å²) in [5.41, 5.74) is 14.4. The molecule has 78 valence electrons. The van der Waals surface area contributed by atoms with Crippen molar-refractivity contribution >= 4 is 17.1 Å². The number of nitrogens with zero attached hydrogens (tertiary/aromatic N) is 1. The summed E-state index contributed by atoms with van der Waals surface area (Å²) < 4.78 is 0. The molecule has 2 rings (SSSR count). The molecular weight excluding hydrogens is 190 g/mol. The van der Waals surface area contributed by atoms with Gasteiger partial charge in [0, 0.05) is 11.9 Å². The number of H-pyrrole nitrogens is 1. The molecule has 5 heteroatoms. The molecule has 1 heterocycles. The molecule has 0 spiro atoms. The first kappa shape index (κ1) is 9.39. The third-order valence-corrected chi connectivity index (χ3v) is 2.13. The molecule has 0 aliphatic carbocycles. The molecule has 15 heavy (non-hydrogen) atoms. The number of nitrogens with one attached hydrogen (secondary N) is 2. The first-order chi connectivity index (χ1) is 7.25. The number of aromatic nitrogens is 2. The molecule has 0 unspecified atom stereocenters. The Hall–Kier alpha value is -2.17. The maximum atomic E-state index is 5.68. The lowest BCUT2D eigenvalue weighted by atomic mass is 10.2. The molecular formula is C10H13N5. The van der Waals surface area contributed by atoms with Crippen molar-refractivity contribution in [1.82, 2.24) is 10.2 Å². The van der Waals surface area contributed by atoms with Gasteiger partial charge in [0.1, 0.15) is 0 Å². The second-order valence-corrected chi connectivity index (χ2v) is 3.28. The Labute approximate surface area is 87.5 Å². The lowest BCUT2D eigenvalue weighted by Crippen LogP contribution is -2.01. The fraction of sp³-hybridized carbons (Fsp3) is 0.100. The molecule has 0 atom stereocenters. The highest BCUT2D eigenvalue weighted by Crippen LogP contribution is 2.19. The van der Waals surface area contributed by atoms with Gasteiger partial charge in [-0.15, -0.1) is 0 Å². The predicted molar refractivity (Wildman–Crippen MR) is 61.2 cm³/mol. The molecule has 0 bridgehead atoms. The molecule has 0 aliphatic heterocycles. The van der Waals surface area contributed by atoms with Crippen LogP contribution in [0.1, 0.15) is 5.69 Å². The highest BCUT2D eigenvalue weighted by molar-refractivity contribution is 5.69. The van der Waals surface area contributed by atoms with Gasteiger partial charge in [0.25, 0.3) is 0 Å². The van der Waals surface area contributed by atoms with Gasteiger partial charge < -0.3 is 16.8 Å². The highest BCUT2D eigenvalue weighted by Gasteiger charge is 1.97. The van der Waals surface area contributed by atoms with E-state index >= 15 is 0 Å². The van der Waals surface area contributed by atoms with Crippen molar-refractivity contribution < 1.29 is 0 Å². The fourth-order valence-corrected chi connectivity index (χ4v) is 1.27. The molecule has 2 aromatic rings. The Bertz CT molecular complexity index is 435. The number of nitrogen functional groups attached to an aromatic ring is 2. The average molecular weight is 203 g/mol. The van der Waals surface area contributed by atoms with Crippen LogP contribution in [0.15, 0.2) is 30.5 Å². The SMILES string of the molecule is Nc1ccc(NCc2ccn[nH]2)cc1N. The molecule has 0 saturated heterocycles. The molecule has 6 N–H and O–H groups in total. The normalized spacial score (nSPS) is 10.1. The van der Waals surface area contributed by atoms with E-state index in [1.165, 1.54) is 0 Å². The third-order valence-electron chi connectivity index (χ3n) is 2.13. The molecule has 0 radical (unpaired) electrons. The summed E-state index contributed by atoms with van der Waals surface area (Å²) >= 11 is 0. The summed E-state index contributed by atoms with van der Waals surface area (Å²) in [6.45, 7) is 0.684. The van der Waals surface area contributed by atoms with Crippen LogP contribution in [0.4, 0.5) is 17.1 Å². The van der Waals surface area contributed by atoms with E-state index in [2.05, 4.69) is 15.5 Å². The number of rotatable bonds is 3. The van der Waals surface area contributed by atoms with Crippen LogP contribution >= 0.6 is 0 Å². The topological polar surface area (TPSA) is 92.7 Å². The average Bonchev–Trinajstić information content (AvgIpc) is 2.73. The van der Waals surface area contributed by atoms with E-state index < -0.39 is 0 Å². The molecule has 0 aliphatic rings. The zero-order valence-electron chi connectivity index (χ0n) is 8.20. The van der Waals surface area contributed by atoms with Crippen molar-refractivity contribution in [3.8, 4) is 0 Å². The summed E-state index contributed by atoms with van der Waals surface area (Å²) in [4.78, 5) is 0. The Morgan fingerprint density at radius 1 is 1.20 bits per heavy atom. The summed E-state index contributed by atoms with van der Waals surface area (Å²) in [5.74, 6) is 0. The van der Waals surface area contributed by atoms with Crippen LogP contribution in [0.25, 0.3) is 0 Å². The second-order valence-electron chi connectivity index (χ2n) is 3.28. The van der Waals surface area contributed by atoms with Crippen LogP contribution in [0.5, 0.6) is 0 Å². The van der Waals surface area contributed by atoms with Gasteiger partial charge in [0.2, 0.25) is 0 Å². The van der Waals surface area contributed by atoms with Gasteiger partial charge in [-0.2, -0.15) is 5.10 Å². The predicted octanol–water partition coefficient (Wildman–Crippen LogP) is 1.19. The van der Waals surface area contributed by atoms with Crippen molar-refractivity contribution in [2.45, 2.75) is 6.54 Å². The Kier molecular flexibility index (Phi) is 2.45. The Morgan fingerprint density at radius 2 is 2.07 bits per heavy atom. The van der Waals surface area contributed by atoms with Gasteiger partial charge in [0.15, 0.2) is 0 Å². The van der Waals surface area contributed by atoms with Gasteiger partial charge >= 0.3 is 0 Å². The lowest BCUT2D eigenvalue weighted by molar-refractivity contribution is 0.982. The quantitative estimate of drug-likeness (QED) is 0.564. The monoisotopic (exact) mass is 203 g/mol. The van der Waals surface area contributed by atoms with E-state index in [1.807, 2.05) is 18.2 Å². The van der Waals surface area contributed by atoms with Gasteiger partial charge in [-0.3, -0.25) is 5.10 Å². The maximum absolute atomic E-state index is 5.68. The molecule has 1 aromatic heterocycles. The summed E-state index contributed by atoms with van der Waals surface area (Å²) in [7, 11) is 0. The Morgan fingerprint density at radius 3 is 2.73 bits per heavy atom. The summed E-state index contributed by atoms with van der Waals surface area (Å²) in [6.07, 6.45) is 1.72. The van der Waals surface area contributed by atoms with Crippen molar-refractivity contribution in [3.05, 3.63) is 36.2 Å². The minimum atomic E-state index is 0.588. The number of aromatic amines is 1. The third kappa shape index (κ3) is 2.19. The zero-order valence-corrected chi connectivity index (χ0v) is 8.20. The standard InChI is InChI=1S/C10H13N5/c11-9-2-1-7(5-10(9)12)13-6-8-3-4-14-15-8/h1-5,13H,6,11-12H2,(H,14,15). The van der Waals surface area contributed by atoms with E-state index in [0.717, 1.165) is 11.4 Å². The first-order valence-electron chi connectivity index (χ1n) is 4.63. The van der Waals surface area contributed by atoms with Crippen LogP contribution in [-0.4, -0.2) is 10.2 Å². The summed E-state index contributed by atoms with van der Waals surface area (Å²) in [6, 6.07) is 7.39. The number of anilines is 3. The van der Waals surface area contributed by atoms with Gasteiger partial charge in [-0.25, -0.2) is 0 Å². The van der Waals surface area contributed by atoms with Crippen LogP contribution in [0.2, 0.25) is 0 Å². The lowest BCUT2D eigenvalue weighted by Gasteiger charge is -2.07. The van der Waals surface area contributed by atoms with E-state index in [0.29, 0.717) is 17.9 Å². The number of hydrogen-bond acceptors (Lipinski definition) is 4. The highest BCUT2D eigenvalue weighted by atomic mass is 15.1. The Balaban J connectivity index is 2.02. The molecule has 1 aromatic carbocycles. The molecule has 0 amide bonds. The van der Waals surface area contributed by atoms with Crippen molar-refractivity contribution in [2.75, 3.05) is 16.8 Å². The van der Waals surface area contributed by atoms with Crippen LogP contribution < -0.4 is 16.8 Å². The largest absolute Gasteiger partial charge is 0.397 e. The molecule has 5 nitrogen and oxygen atoms in total. The zero-order chi connectivity index (χ0) is 10.7. The van der Waals surface area contributed by atoms with E-state index in [-0.39, 0.29) is 0 Å². The van der Waals surface area contributed by atoms with Gasteiger partial charge in [-0.05, 0) is 24.3 Å². The molecule has 0 saturated carbocycles. The van der Waals surface area contributed by atoms with Crippen LogP contribution in [-0.2, 0) is 6.54 Å². The van der Waals surface area contributed by atoms with Gasteiger partial charge in [-0.1, -0.05) is 0 Å².